The molecule has 36 heavy (non-hydrogen) atoms. The molecule has 0 unspecified atom stereocenters. The molecule has 3 N–H and O–H groups in total. The van der Waals surface area contributed by atoms with Crippen LogP contribution in [-0.2, 0) is 4.79 Å². The highest BCUT2D eigenvalue weighted by Crippen LogP contribution is 2.36. The zero-order chi connectivity index (χ0) is 25.8. The Morgan fingerprint density at radius 3 is 2.56 bits per heavy atom. The second-order valence-electron chi connectivity index (χ2n) is 8.96. The van der Waals surface area contributed by atoms with Crippen LogP contribution in [0.2, 0.25) is 0 Å². The first kappa shape index (κ1) is 25.7. The summed E-state index contributed by atoms with van der Waals surface area (Å²) in [6, 6.07) is 7.19. The molecule has 0 spiro atoms. The van der Waals surface area contributed by atoms with Crippen molar-refractivity contribution in [2.75, 3.05) is 7.11 Å². The number of halogens is 3. The number of benzene rings is 2. The number of hydrogen-bond donors (Lipinski definition) is 3. The molecule has 1 amide bonds. The van der Waals surface area contributed by atoms with Gasteiger partial charge in [-0.2, -0.15) is 0 Å². The fourth-order valence-corrected chi connectivity index (χ4v) is 4.69. The van der Waals surface area contributed by atoms with Crippen molar-refractivity contribution in [2.24, 2.45) is 5.92 Å². The predicted molar refractivity (Wildman–Crippen MR) is 129 cm³/mol. The molecule has 1 heterocycles. The SMILES string of the molecule is COc1cc(F)c2nccc([C@@H](O)[C@H](O)C3CCC(NC(=O)C=Cc4cc(F)ccc4F)CC3)c2c1. The Labute approximate surface area is 206 Å². The number of aliphatic hydroxyl groups is 2. The molecular weight excluding hydrogens is 473 g/mol. The molecule has 0 aliphatic heterocycles. The number of aromatic nitrogens is 1. The Hall–Kier alpha value is -3.43. The van der Waals surface area contributed by atoms with Gasteiger partial charge in [-0.1, -0.05) is 0 Å². The molecule has 190 valence electrons. The highest BCUT2D eigenvalue weighted by atomic mass is 19.1. The molecule has 2 atom stereocenters. The van der Waals surface area contributed by atoms with Crippen LogP contribution in [0.5, 0.6) is 5.75 Å². The summed E-state index contributed by atoms with van der Waals surface area (Å²) in [4.78, 5) is 16.3. The minimum atomic E-state index is -1.26. The van der Waals surface area contributed by atoms with E-state index in [4.69, 9.17) is 4.74 Å². The number of methoxy groups -OCH3 is 1. The van der Waals surface area contributed by atoms with Gasteiger partial charge in [0, 0.05) is 35.3 Å². The Balaban J connectivity index is 1.37. The van der Waals surface area contributed by atoms with Crippen molar-refractivity contribution in [3.63, 3.8) is 0 Å². The third-order valence-corrected chi connectivity index (χ3v) is 6.66. The molecule has 2 aromatic carbocycles. The summed E-state index contributed by atoms with van der Waals surface area (Å²) in [7, 11) is 1.41. The Kier molecular flexibility index (Phi) is 7.91. The molecule has 1 aliphatic carbocycles. The van der Waals surface area contributed by atoms with Crippen LogP contribution in [0.4, 0.5) is 13.2 Å². The van der Waals surface area contributed by atoms with Crippen molar-refractivity contribution in [1.29, 1.82) is 0 Å². The van der Waals surface area contributed by atoms with E-state index >= 15 is 0 Å². The van der Waals surface area contributed by atoms with E-state index in [1.54, 1.807) is 12.1 Å². The molecule has 0 radical (unpaired) electrons. The lowest BCUT2D eigenvalue weighted by Gasteiger charge is -2.34. The highest BCUT2D eigenvalue weighted by molar-refractivity contribution is 5.92. The van der Waals surface area contributed by atoms with Crippen molar-refractivity contribution in [3.05, 3.63) is 77.2 Å². The maximum atomic E-state index is 14.4. The van der Waals surface area contributed by atoms with E-state index in [2.05, 4.69) is 10.3 Å². The standard InChI is InChI=1S/C27H27F3N2O4/c1-36-19-13-21-20(10-11-31-25(21)23(30)14-19)27(35)26(34)15-2-6-18(7-3-15)32-24(33)9-4-16-12-17(28)5-8-22(16)29/h4-5,8-15,18,26-27,34-35H,2-3,6-7H2,1H3,(H,32,33)/t15?,18?,26-,27-/m1/s1. The average Bonchev–Trinajstić information content (AvgIpc) is 2.88. The van der Waals surface area contributed by atoms with Crippen molar-refractivity contribution in [2.45, 2.75) is 43.9 Å². The minimum absolute atomic E-state index is 0.0212. The topological polar surface area (TPSA) is 91.7 Å². The van der Waals surface area contributed by atoms with Crippen LogP contribution in [0, 0.1) is 23.4 Å². The number of hydrogen-bond acceptors (Lipinski definition) is 5. The third kappa shape index (κ3) is 5.68. The van der Waals surface area contributed by atoms with Gasteiger partial charge in [-0.05, 0) is 73.6 Å². The van der Waals surface area contributed by atoms with Crippen LogP contribution < -0.4 is 10.1 Å². The quantitative estimate of drug-likeness (QED) is 0.417. The summed E-state index contributed by atoms with van der Waals surface area (Å²) >= 11 is 0. The number of carbonyl (C=O) groups is 1. The van der Waals surface area contributed by atoms with E-state index in [9.17, 15) is 28.2 Å². The van der Waals surface area contributed by atoms with E-state index in [-0.39, 0.29) is 28.8 Å². The van der Waals surface area contributed by atoms with Gasteiger partial charge < -0.3 is 20.3 Å². The molecule has 0 bridgehead atoms. The van der Waals surface area contributed by atoms with Crippen molar-refractivity contribution in [3.8, 4) is 5.75 Å². The van der Waals surface area contributed by atoms with Crippen LogP contribution in [0.3, 0.4) is 0 Å². The lowest BCUT2D eigenvalue weighted by atomic mass is 9.79. The second kappa shape index (κ2) is 11.1. The van der Waals surface area contributed by atoms with Gasteiger partial charge in [-0.15, -0.1) is 0 Å². The van der Waals surface area contributed by atoms with E-state index in [0.717, 1.165) is 24.3 Å². The molecule has 1 saturated carbocycles. The largest absolute Gasteiger partial charge is 0.497 e. The van der Waals surface area contributed by atoms with Gasteiger partial charge in [0.2, 0.25) is 5.91 Å². The van der Waals surface area contributed by atoms with Gasteiger partial charge in [0.25, 0.3) is 0 Å². The molecular formula is C27H27F3N2O4. The number of carbonyl (C=O) groups excluding carboxylic acids is 1. The number of amides is 1. The average molecular weight is 501 g/mol. The first-order valence-electron chi connectivity index (χ1n) is 11.7. The maximum Gasteiger partial charge on any atom is 0.244 e. The maximum absolute atomic E-state index is 14.4. The third-order valence-electron chi connectivity index (χ3n) is 6.66. The molecule has 4 rings (SSSR count). The van der Waals surface area contributed by atoms with Crippen LogP contribution in [0.1, 0.15) is 42.9 Å². The molecule has 1 fully saturated rings. The van der Waals surface area contributed by atoms with Crippen molar-refractivity contribution in [1.82, 2.24) is 10.3 Å². The molecule has 0 saturated heterocycles. The number of ether oxygens (including phenoxy) is 1. The normalized spacial score (nSPS) is 19.8. The van der Waals surface area contributed by atoms with E-state index in [1.165, 1.54) is 25.4 Å². The molecule has 6 nitrogen and oxygen atoms in total. The first-order chi connectivity index (χ1) is 17.3. The number of nitrogens with one attached hydrogen (secondary N) is 1. The number of aliphatic hydroxyl groups excluding tert-OH is 2. The molecule has 1 aromatic heterocycles. The highest BCUT2D eigenvalue weighted by Gasteiger charge is 2.32. The molecule has 3 aromatic rings. The Bertz CT molecular complexity index is 1280. The van der Waals surface area contributed by atoms with Crippen LogP contribution in [0.25, 0.3) is 17.0 Å². The minimum Gasteiger partial charge on any atom is -0.497 e. The van der Waals surface area contributed by atoms with E-state index < -0.39 is 35.6 Å². The number of rotatable bonds is 7. The van der Waals surface area contributed by atoms with Gasteiger partial charge in [0.1, 0.15) is 29.0 Å². The van der Waals surface area contributed by atoms with Gasteiger partial charge in [-0.3, -0.25) is 9.78 Å². The zero-order valence-corrected chi connectivity index (χ0v) is 19.6. The Morgan fingerprint density at radius 2 is 1.83 bits per heavy atom. The Morgan fingerprint density at radius 1 is 1.08 bits per heavy atom. The van der Waals surface area contributed by atoms with Crippen LogP contribution in [0.15, 0.2) is 48.7 Å². The summed E-state index contributed by atoms with van der Waals surface area (Å²) in [5, 5.41) is 25.1. The summed E-state index contributed by atoms with van der Waals surface area (Å²) in [5.41, 5.74) is 0.416. The molecule has 1 aliphatic rings. The van der Waals surface area contributed by atoms with E-state index in [0.29, 0.717) is 36.6 Å². The smallest absolute Gasteiger partial charge is 0.244 e. The fourth-order valence-electron chi connectivity index (χ4n) is 4.69. The second-order valence-corrected chi connectivity index (χ2v) is 8.96. The summed E-state index contributed by atoms with van der Waals surface area (Å²) in [6.07, 6.45) is 3.64. The predicted octanol–water partition coefficient (Wildman–Crippen LogP) is 4.44. The van der Waals surface area contributed by atoms with Crippen LogP contribution in [-0.4, -0.2) is 40.4 Å². The van der Waals surface area contributed by atoms with Gasteiger partial charge in [0.15, 0.2) is 5.82 Å². The summed E-state index contributed by atoms with van der Waals surface area (Å²) in [5.74, 6) is -2.19. The summed E-state index contributed by atoms with van der Waals surface area (Å²) in [6.45, 7) is 0. The van der Waals surface area contributed by atoms with Gasteiger partial charge in [0.05, 0.1) is 13.2 Å². The fraction of sp³-hybridized carbons (Fsp3) is 0.333. The van der Waals surface area contributed by atoms with Gasteiger partial charge >= 0.3 is 0 Å². The number of fused-ring (bicyclic) bond motifs is 1. The summed E-state index contributed by atoms with van der Waals surface area (Å²) < 4.78 is 46.5. The lowest BCUT2D eigenvalue weighted by molar-refractivity contribution is -0.117. The lowest BCUT2D eigenvalue weighted by Crippen LogP contribution is -2.39. The van der Waals surface area contributed by atoms with Crippen LogP contribution >= 0.6 is 0 Å². The zero-order valence-electron chi connectivity index (χ0n) is 19.6. The van der Waals surface area contributed by atoms with Crippen molar-refractivity contribution >= 4 is 22.9 Å². The number of nitrogens with zero attached hydrogens (tertiary/aromatic N) is 1. The van der Waals surface area contributed by atoms with Crippen molar-refractivity contribution < 1.29 is 32.9 Å². The molecule has 9 heteroatoms. The monoisotopic (exact) mass is 500 g/mol. The first-order valence-corrected chi connectivity index (χ1v) is 11.7. The van der Waals surface area contributed by atoms with E-state index in [1.807, 2.05) is 0 Å². The van der Waals surface area contributed by atoms with Gasteiger partial charge in [-0.25, -0.2) is 13.2 Å². The number of pyridine rings is 1.